The highest BCUT2D eigenvalue weighted by Gasteiger charge is 2.26. The molecule has 11 rings (SSSR count). The van der Waals surface area contributed by atoms with Crippen LogP contribution in [0.2, 0.25) is 0 Å². The Morgan fingerprint density at radius 1 is 0.519 bits per heavy atom. The highest BCUT2D eigenvalue weighted by Crippen LogP contribution is 2.41. The Bertz CT molecular complexity index is 3100. The summed E-state index contributed by atoms with van der Waals surface area (Å²) >= 11 is 0. The van der Waals surface area contributed by atoms with E-state index in [1.165, 1.54) is 21.5 Å². The molecule has 3 heterocycles. The van der Waals surface area contributed by atoms with Crippen LogP contribution in [0, 0.1) is 0 Å². The van der Waals surface area contributed by atoms with Crippen molar-refractivity contribution in [2.24, 2.45) is 9.98 Å². The Balaban J connectivity index is 1.26. The summed E-state index contributed by atoms with van der Waals surface area (Å²) in [6.07, 6.45) is -0.336. The first-order chi connectivity index (χ1) is 25.8. The molecule has 0 amide bonds. The van der Waals surface area contributed by atoms with Crippen molar-refractivity contribution in [2.45, 2.75) is 6.17 Å². The molecule has 2 aromatic heterocycles. The van der Waals surface area contributed by atoms with Gasteiger partial charge in [-0.1, -0.05) is 133 Å². The third kappa shape index (κ3) is 4.42. The number of benzene rings is 8. The van der Waals surface area contributed by atoms with Gasteiger partial charge >= 0.3 is 0 Å². The van der Waals surface area contributed by atoms with Crippen LogP contribution < -0.4 is 5.32 Å². The normalized spacial score (nSPS) is 14.7. The molecular weight excluding hydrogens is 637 g/mol. The lowest BCUT2D eigenvalue weighted by molar-refractivity contribution is 0.668. The number of rotatable bonds is 4. The van der Waals surface area contributed by atoms with E-state index in [4.69, 9.17) is 14.4 Å². The Morgan fingerprint density at radius 2 is 1.21 bits per heavy atom. The number of nitrogens with zero attached hydrogens (tertiary/aromatic N) is 3. The fourth-order valence-electron chi connectivity index (χ4n) is 8.01. The summed E-state index contributed by atoms with van der Waals surface area (Å²) in [5.41, 5.74) is 7.86. The van der Waals surface area contributed by atoms with Crippen molar-refractivity contribution in [3.05, 3.63) is 187 Å². The van der Waals surface area contributed by atoms with Crippen LogP contribution in [-0.2, 0) is 0 Å². The topological polar surface area (TPSA) is 54.8 Å². The van der Waals surface area contributed by atoms with E-state index in [2.05, 4.69) is 155 Å². The molecule has 1 aliphatic rings. The van der Waals surface area contributed by atoms with Crippen LogP contribution in [0.15, 0.2) is 184 Å². The van der Waals surface area contributed by atoms with E-state index in [9.17, 15) is 0 Å². The van der Waals surface area contributed by atoms with Crippen LogP contribution in [0.5, 0.6) is 0 Å². The van der Waals surface area contributed by atoms with Gasteiger partial charge in [-0.3, -0.25) is 0 Å². The third-order valence-corrected chi connectivity index (χ3v) is 10.4. The quantitative estimate of drug-likeness (QED) is 0.203. The second-order valence-electron chi connectivity index (χ2n) is 13.4. The Kier molecular flexibility index (Phi) is 6.25. The van der Waals surface area contributed by atoms with E-state index in [0.717, 1.165) is 72.0 Å². The van der Waals surface area contributed by atoms with Gasteiger partial charge in [-0.05, 0) is 57.4 Å². The zero-order valence-corrected chi connectivity index (χ0v) is 28.0. The van der Waals surface area contributed by atoms with Gasteiger partial charge in [-0.2, -0.15) is 0 Å². The molecule has 1 atom stereocenters. The number of aliphatic imine (C=N–C) groups is 2. The molecule has 0 saturated carbocycles. The maximum atomic E-state index is 6.82. The number of nitrogens with one attached hydrogen (secondary N) is 1. The largest absolute Gasteiger partial charge is 0.456 e. The van der Waals surface area contributed by atoms with Gasteiger partial charge in [-0.25, -0.2) is 9.98 Å². The van der Waals surface area contributed by atoms with Crippen LogP contribution >= 0.6 is 0 Å². The van der Waals surface area contributed by atoms with Crippen molar-refractivity contribution in [1.29, 1.82) is 0 Å². The van der Waals surface area contributed by atoms with Crippen molar-refractivity contribution >= 4 is 77.0 Å². The maximum absolute atomic E-state index is 6.82. The van der Waals surface area contributed by atoms with E-state index in [1.807, 2.05) is 24.3 Å². The SMILES string of the molecule is c1ccc(C2=NC(c3cc(-n4c5ccccc5c5cc6ccccc6cc54)cc4oc5ccc6ccccc6c5c34)=NC(c3ccccc3)N2)cc1. The number of hydrogen-bond donors (Lipinski definition) is 1. The van der Waals surface area contributed by atoms with Crippen molar-refractivity contribution in [3.8, 4) is 5.69 Å². The minimum Gasteiger partial charge on any atom is -0.456 e. The number of amidine groups is 2. The van der Waals surface area contributed by atoms with Crippen LogP contribution in [0.4, 0.5) is 0 Å². The molecule has 0 spiro atoms. The summed E-state index contributed by atoms with van der Waals surface area (Å²) in [4.78, 5) is 10.7. The van der Waals surface area contributed by atoms with Gasteiger partial charge in [-0.15, -0.1) is 0 Å². The first-order valence-corrected chi connectivity index (χ1v) is 17.6. The molecule has 0 bridgehead atoms. The van der Waals surface area contributed by atoms with Gasteiger partial charge in [0, 0.05) is 38.7 Å². The second kappa shape index (κ2) is 11.3. The fourth-order valence-corrected chi connectivity index (χ4v) is 8.01. The monoisotopic (exact) mass is 666 g/mol. The summed E-state index contributed by atoms with van der Waals surface area (Å²) in [6.45, 7) is 0. The number of furan rings is 1. The average Bonchev–Trinajstić information content (AvgIpc) is 3.75. The molecule has 0 fully saturated rings. The number of hydrogen-bond acceptors (Lipinski definition) is 4. The first-order valence-electron chi connectivity index (χ1n) is 17.6. The van der Waals surface area contributed by atoms with Gasteiger partial charge in [0.05, 0.1) is 16.7 Å². The van der Waals surface area contributed by atoms with Crippen molar-refractivity contribution in [3.63, 3.8) is 0 Å². The Morgan fingerprint density at radius 3 is 2.04 bits per heavy atom. The number of fused-ring (bicyclic) bond motifs is 9. The standard InChI is InChI=1S/C47H30N4O/c1-3-14-30(15-4-1)45-48-46(31-16-5-2-6-17-31)50-47(49-45)38-27-34(28-42-44(38)43-35-20-10-9-13-29(35)23-24-41(43)52-42)51-39-22-12-11-21-36(39)37-25-32-18-7-8-19-33(32)26-40(37)51/h1-28,45H,(H,48,49,50). The summed E-state index contributed by atoms with van der Waals surface area (Å²) in [5.74, 6) is 1.43. The maximum Gasteiger partial charge on any atom is 0.160 e. The molecule has 0 radical (unpaired) electrons. The summed E-state index contributed by atoms with van der Waals surface area (Å²) in [7, 11) is 0. The van der Waals surface area contributed by atoms with Gasteiger partial charge in [0.25, 0.3) is 0 Å². The summed E-state index contributed by atoms with van der Waals surface area (Å²) in [5, 5.41) is 12.8. The Labute approximate surface area is 298 Å². The van der Waals surface area contributed by atoms with Gasteiger partial charge in [0.15, 0.2) is 5.84 Å². The molecule has 1 N–H and O–H groups in total. The minimum atomic E-state index is -0.336. The van der Waals surface area contributed by atoms with Crippen molar-refractivity contribution in [2.75, 3.05) is 0 Å². The van der Waals surface area contributed by atoms with Crippen molar-refractivity contribution < 1.29 is 4.42 Å². The zero-order chi connectivity index (χ0) is 34.2. The highest BCUT2D eigenvalue weighted by atomic mass is 16.3. The van der Waals surface area contributed by atoms with E-state index in [1.54, 1.807) is 0 Å². The number of para-hydroxylation sites is 1. The Hall–Kier alpha value is -6.98. The van der Waals surface area contributed by atoms with Gasteiger partial charge < -0.3 is 14.3 Å². The molecule has 1 aliphatic heterocycles. The first kappa shape index (κ1) is 28.8. The molecule has 1 unspecified atom stereocenters. The molecule has 52 heavy (non-hydrogen) atoms. The van der Waals surface area contributed by atoms with Crippen molar-refractivity contribution in [1.82, 2.24) is 9.88 Å². The fraction of sp³-hybridized carbons (Fsp3) is 0.0213. The van der Waals surface area contributed by atoms with Gasteiger partial charge in [0.1, 0.15) is 23.2 Å². The van der Waals surface area contributed by atoms with E-state index in [-0.39, 0.29) is 6.17 Å². The second-order valence-corrected chi connectivity index (χ2v) is 13.4. The molecule has 0 aliphatic carbocycles. The molecule has 244 valence electrons. The zero-order valence-electron chi connectivity index (χ0n) is 28.0. The van der Waals surface area contributed by atoms with Crippen LogP contribution in [0.3, 0.4) is 0 Å². The minimum absolute atomic E-state index is 0.336. The molecule has 0 saturated heterocycles. The molecule has 5 heteroatoms. The highest BCUT2D eigenvalue weighted by molar-refractivity contribution is 6.27. The smallest absolute Gasteiger partial charge is 0.160 e. The summed E-state index contributed by atoms with van der Waals surface area (Å²) < 4.78 is 9.18. The lowest BCUT2D eigenvalue weighted by Crippen LogP contribution is -2.33. The lowest BCUT2D eigenvalue weighted by Gasteiger charge is -2.24. The van der Waals surface area contributed by atoms with E-state index < -0.39 is 0 Å². The third-order valence-electron chi connectivity index (χ3n) is 10.4. The van der Waals surface area contributed by atoms with Crippen LogP contribution in [0.25, 0.3) is 71.0 Å². The van der Waals surface area contributed by atoms with E-state index in [0.29, 0.717) is 5.84 Å². The molecular formula is C47H30N4O. The van der Waals surface area contributed by atoms with Crippen LogP contribution in [-0.4, -0.2) is 16.2 Å². The molecule has 5 nitrogen and oxygen atoms in total. The average molecular weight is 667 g/mol. The predicted molar refractivity (Wildman–Crippen MR) is 215 cm³/mol. The molecule has 10 aromatic rings. The van der Waals surface area contributed by atoms with Gasteiger partial charge in [0.2, 0.25) is 0 Å². The van der Waals surface area contributed by atoms with Crippen LogP contribution in [0.1, 0.15) is 22.9 Å². The number of aromatic nitrogens is 1. The van der Waals surface area contributed by atoms with E-state index >= 15 is 0 Å². The predicted octanol–water partition coefficient (Wildman–Crippen LogP) is 11.5. The lowest BCUT2D eigenvalue weighted by atomic mass is 9.99. The molecule has 8 aromatic carbocycles. The summed E-state index contributed by atoms with van der Waals surface area (Å²) in [6, 6.07) is 59.7.